The fourth-order valence-electron chi connectivity index (χ4n) is 4.59. The number of hydrogen-bond donors (Lipinski definition) is 2. The van der Waals surface area contributed by atoms with Gasteiger partial charge in [-0.15, -0.1) is 0 Å². The Kier molecular flexibility index (Phi) is 6.59. The Labute approximate surface area is 181 Å². The van der Waals surface area contributed by atoms with E-state index in [0.717, 1.165) is 36.6 Å². The highest BCUT2D eigenvalue weighted by Crippen LogP contribution is 2.28. The van der Waals surface area contributed by atoms with Crippen LogP contribution in [0, 0.1) is 6.92 Å². The third-order valence-corrected chi connectivity index (χ3v) is 5.90. The van der Waals surface area contributed by atoms with Crippen molar-refractivity contribution >= 4 is 17.3 Å². The Morgan fingerprint density at radius 1 is 1.10 bits per heavy atom. The van der Waals surface area contributed by atoms with Gasteiger partial charge in [0.1, 0.15) is 0 Å². The average Bonchev–Trinajstić information content (AvgIpc) is 2.61. The van der Waals surface area contributed by atoms with Crippen molar-refractivity contribution in [1.29, 1.82) is 0 Å². The summed E-state index contributed by atoms with van der Waals surface area (Å²) in [4.78, 5) is 6.54. The molecule has 29 heavy (non-hydrogen) atoms. The van der Waals surface area contributed by atoms with Gasteiger partial charge in [-0.05, 0) is 82.4 Å². The summed E-state index contributed by atoms with van der Waals surface area (Å²) in [7, 11) is 0. The highest BCUT2D eigenvalue weighted by atomic mass is 32.1. The molecule has 2 heterocycles. The predicted octanol–water partition coefficient (Wildman–Crippen LogP) is 4.58. The molecule has 3 rings (SSSR count). The van der Waals surface area contributed by atoms with Crippen molar-refractivity contribution in [3.05, 3.63) is 65.5 Å². The lowest BCUT2D eigenvalue weighted by Gasteiger charge is -2.47. The van der Waals surface area contributed by atoms with Gasteiger partial charge in [-0.25, -0.2) is 0 Å². The van der Waals surface area contributed by atoms with Crippen molar-refractivity contribution in [2.45, 2.75) is 77.7 Å². The monoisotopic (exact) mass is 410 g/mol. The van der Waals surface area contributed by atoms with Crippen LogP contribution in [0.5, 0.6) is 0 Å². The Bertz CT molecular complexity index is 816. The molecule has 0 saturated carbocycles. The van der Waals surface area contributed by atoms with Gasteiger partial charge in [0, 0.05) is 42.6 Å². The summed E-state index contributed by atoms with van der Waals surface area (Å²) in [5.74, 6) is 0. The van der Waals surface area contributed by atoms with Crippen molar-refractivity contribution < 1.29 is 0 Å². The normalized spacial score (nSPS) is 18.2. The number of nitrogens with zero attached hydrogens (tertiary/aromatic N) is 2. The van der Waals surface area contributed by atoms with Crippen LogP contribution in [0.3, 0.4) is 0 Å². The van der Waals surface area contributed by atoms with Crippen LogP contribution in [0.15, 0.2) is 48.8 Å². The molecular weight excluding hydrogens is 376 g/mol. The summed E-state index contributed by atoms with van der Waals surface area (Å²) >= 11 is 5.92. The third-order valence-electron chi connectivity index (χ3n) is 5.52. The van der Waals surface area contributed by atoms with Gasteiger partial charge in [0.05, 0.1) is 0 Å². The molecule has 0 aliphatic carbocycles. The number of benzene rings is 1. The van der Waals surface area contributed by atoms with Crippen LogP contribution in [0.2, 0.25) is 0 Å². The third kappa shape index (κ3) is 6.25. The number of hydrogen-bond acceptors (Lipinski definition) is 3. The molecule has 156 valence electrons. The standard InChI is InChI=1S/C24H34N4S/c1-18-9-6-7-11-20(18)17-28(16-19-10-8-12-25-15-19)22(29)26-21-13-23(2,3)27-24(4,5)14-21/h6-12,15,21,27H,13-14,16-17H2,1-5H3,(H,26,29). The van der Waals surface area contributed by atoms with E-state index in [1.165, 1.54) is 11.1 Å². The molecule has 0 unspecified atom stereocenters. The number of aromatic nitrogens is 1. The van der Waals surface area contributed by atoms with Crippen LogP contribution in [0.25, 0.3) is 0 Å². The number of aryl methyl sites for hydroxylation is 1. The molecule has 4 nitrogen and oxygen atoms in total. The van der Waals surface area contributed by atoms with Crippen LogP contribution >= 0.6 is 12.2 Å². The van der Waals surface area contributed by atoms with Crippen LogP contribution in [0.1, 0.15) is 57.2 Å². The van der Waals surface area contributed by atoms with Crippen LogP contribution < -0.4 is 10.6 Å². The largest absolute Gasteiger partial charge is 0.360 e. The molecule has 5 heteroatoms. The number of rotatable bonds is 5. The maximum absolute atomic E-state index is 5.92. The van der Waals surface area contributed by atoms with Gasteiger partial charge < -0.3 is 15.5 Å². The van der Waals surface area contributed by atoms with Crippen LogP contribution in [0.4, 0.5) is 0 Å². The molecule has 1 fully saturated rings. The molecule has 0 radical (unpaired) electrons. The maximum Gasteiger partial charge on any atom is 0.169 e. The van der Waals surface area contributed by atoms with E-state index in [4.69, 9.17) is 12.2 Å². The van der Waals surface area contributed by atoms with E-state index in [1.54, 1.807) is 0 Å². The highest BCUT2D eigenvalue weighted by Gasteiger charge is 2.38. The van der Waals surface area contributed by atoms with Gasteiger partial charge in [-0.2, -0.15) is 0 Å². The van der Waals surface area contributed by atoms with Gasteiger partial charge in [0.25, 0.3) is 0 Å². The Morgan fingerprint density at radius 3 is 2.41 bits per heavy atom. The Balaban J connectivity index is 1.77. The first-order valence-electron chi connectivity index (χ1n) is 10.4. The number of nitrogens with one attached hydrogen (secondary N) is 2. The molecule has 0 amide bonds. The molecule has 1 aliphatic rings. The molecular formula is C24H34N4S. The van der Waals surface area contributed by atoms with Crippen molar-refractivity contribution in [3.63, 3.8) is 0 Å². The highest BCUT2D eigenvalue weighted by molar-refractivity contribution is 7.80. The van der Waals surface area contributed by atoms with Crippen molar-refractivity contribution in [1.82, 2.24) is 20.5 Å². The fourth-order valence-corrected chi connectivity index (χ4v) is 4.89. The van der Waals surface area contributed by atoms with Crippen LogP contribution in [-0.4, -0.2) is 32.1 Å². The Morgan fingerprint density at radius 2 is 1.79 bits per heavy atom. The summed E-state index contributed by atoms with van der Waals surface area (Å²) in [5, 5.41) is 8.25. The summed E-state index contributed by atoms with van der Waals surface area (Å²) < 4.78 is 0. The lowest BCUT2D eigenvalue weighted by atomic mass is 9.80. The van der Waals surface area contributed by atoms with E-state index in [1.807, 2.05) is 18.5 Å². The summed E-state index contributed by atoms with van der Waals surface area (Å²) in [6.07, 6.45) is 5.82. The first-order valence-corrected chi connectivity index (χ1v) is 10.8. The minimum atomic E-state index is 0.0826. The van der Waals surface area contributed by atoms with E-state index in [2.05, 4.69) is 85.5 Å². The van der Waals surface area contributed by atoms with Crippen molar-refractivity contribution in [2.75, 3.05) is 0 Å². The molecule has 1 aliphatic heterocycles. The summed E-state index contributed by atoms with van der Waals surface area (Å²) in [6.45, 7) is 12.8. The first-order chi connectivity index (χ1) is 13.6. The van der Waals surface area contributed by atoms with Gasteiger partial charge in [-0.3, -0.25) is 4.98 Å². The zero-order chi connectivity index (χ0) is 21.1. The lowest BCUT2D eigenvalue weighted by molar-refractivity contribution is 0.153. The van der Waals surface area contributed by atoms with E-state index >= 15 is 0 Å². The molecule has 1 aromatic carbocycles. The zero-order valence-corrected chi connectivity index (χ0v) is 19.1. The quantitative estimate of drug-likeness (QED) is 0.706. The molecule has 2 N–H and O–H groups in total. The number of thiocarbonyl (C=S) groups is 1. The number of pyridine rings is 1. The molecule has 1 aromatic heterocycles. The van der Waals surface area contributed by atoms with Gasteiger partial charge in [0.15, 0.2) is 5.11 Å². The Hall–Kier alpha value is -1.98. The average molecular weight is 411 g/mol. The SMILES string of the molecule is Cc1ccccc1CN(Cc1cccnc1)C(=S)NC1CC(C)(C)NC(C)(C)C1. The van der Waals surface area contributed by atoms with E-state index in [9.17, 15) is 0 Å². The van der Waals surface area contributed by atoms with Gasteiger partial charge >= 0.3 is 0 Å². The molecule has 2 aromatic rings. The molecule has 1 saturated heterocycles. The number of piperidine rings is 1. The van der Waals surface area contributed by atoms with Crippen molar-refractivity contribution in [3.8, 4) is 0 Å². The molecule has 0 atom stereocenters. The first kappa shape index (κ1) is 21.7. The van der Waals surface area contributed by atoms with Crippen molar-refractivity contribution in [2.24, 2.45) is 0 Å². The van der Waals surface area contributed by atoms with Gasteiger partial charge in [0.2, 0.25) is 0 Å². The second kappa shape index (κ2) is 8.80. The minimum absolute atomic E-state index is 0.0826. The maximum atomic E-state index is 5.92. The summed E-state index contributed by atoms with van der Waals surface area (Å²) in [5.41, 5.74) is 3.91. The fraction of sp³-hybridized carbons (Fsp3) is 0.500. The van der Waals surface area contributed by atoms with E-state index in [0.29, 0.717) is 6.04 Å². The second-order valence-electron chi connectivity index (χ2n) is 9.59. The minimum Gasteiger partial charge on any atom is -0.360 e. The predicted molar refractivity (Wildman–Crippen MR) is 125 cm³/mol. The smallest absolute Gasteiger partial charge is 0.169 e. The second-order valence-corrected chi connectivity index (χ2v) is 9.98. The van der Waals surface area contributed by atoms with E-state index < -0.39 is 0 Å². The zero-order valence-electron chi connectivity index (χ0n) is 18.3. The molecule has 0 spiro atoms. The lowest BCUT2D eigenvalue weighted by Crippen LogP contribution is -2.62. The summed E-state index contributed by atoms with van der Waals surface area (Å²) in [6, 6.07) is 13.0. The van der Waals surface area contributed by atoms with E-state index in [-0.39, 0.29) is 11.1 Å². The topological polar surface area (TPSA) is 40.2 Å². The van der Waals surface area contributed by atoms with Crippen LogP contribution in [-0.2, 0) is 13.1 Å². The van der Waals surface area contributed by atoms with Gasteiger partial charge in [-0.1, -0.05) is 30.3 Å². The molecule has 0 bridgehead atoms.